The van der Waals surface area contributed by atoms with E-state index in [4.69, 9.17) is 0 Å². The Labute approximate surface area is 116 Å². The molecule has 1 aliphatic heterocycles. The van der Waals surface area contributed by atoms with Crippen molar-refractivity contribution < 1.29 is 0 Å². The zero-order chi connectivity index (χ0) is 13.4. The largest absolute Gasteiger partial charge is 0.290 e. The van der Waals surface area contributed by atoms with Gasteiger partial charge in [0.1, 0.15) is 0 Å². The minimum Gasteiger partial charge on any atom is -0.290 e. The van der Waals surface area contributed by atoms with Gasteiger partial charge in [0.25, 0.3) is 0 Å². The van der Waals surface area contributed by atoms with Crippen LogP contribution >= 0.6 is 11.3 Å². The SMILES string of the molecule is CCc1sc2cccc(CC)c2c2cc(=O)ccc1-2. The molecule has 0 amide bonds. The summed E-state index contributed by atoms with van der Waals surface area (Å²) in [6, 6.07) is 11.9. The van der Waals surface area contributed by atoms with Gasteiger partial charge in [0.2, 0.25) is 0 Å². The van der Waals surface area contributed by atoms with Gasteiger partial charge in [-0.2, -0.15) is 0 Å². The Bertz CT molecular complexity index is 770. The van der Waals surface area contributed by atoms with E-state index >= 15 is 0 Å². The van der Waals surface area contributed by atoms with E-state index < -0.39 is 0 Å². The Morgan fingerprint density at radius 3 is 2.58 bits per heavy atom. The summed E-state index contributed by atoms with van der Waals surface area (Å²) in [4.78, 5) is 13.1. The van der Waals surface area contributed by atoms with E-state index in [2.05, 4.69) is 32.0 Å². The van der Waals surface area contributed by atoms with Crippen LogP contribution in [0, 0.1) is 0 Å². The third kappa shape index (κ3) is 1.96. The highest BCUT2D eigenvalue weighted by Crippen LogP contribution is 2.39. The van der Waals surface area contributed by atoms with E-state index in [-0.39, 0.29) is 5.43 Å². The van der Waals surface area contributed by atoms with Gasteiger partial charge in [0.15, 0.2) is 5.43 Å². The molecule has 3 rings (SSSR count). The minimum atomic E-state index is 0.0953. The van der Waals surface area contributed by atoms with Gasteiger partial charge in [0.05, 0.1) is 0 Å². The van der Waals surface area contributed by atoms with Crippen LogP contribution in [0.2, 0.25) is 0 Å². The predicted molar refractivity (Wildman–Crippen MR) is 83.5 cm³/mol. The maximum absolute atomic E-state index is 11.7. The molecule has 1 aliphatic carbocycles. The standard InChI is InChI=1S/C17H16OS/c1-3-11-6-5-7-16-17(11)14-10-12(18)8-9-13(14)15(4-2)19-16/h5-10H,3-4H2,1-2H3. The second kappa shape index (κ2) is 4.78. The quantitative estimate of drug-likeness (QED) is 0.626. The Balaban J connectivity index is 2.56. The summed E-state index contributed by atoms with van der Waals surface area (Å²) in [6.45, 7) is 4.34. The summed E-state index contributed by atoms with van der Waals surface area (Å²) in [5, 5.41) is 1.26. The van der Waals surface area contributed by atoms with Gasteiger partial charge in [-0.15, -0.1) is 11.3 Å². The topological polar surface area (TPSA) is 17.1 Å². The fourth-order valence-corrected chi connectivity index (χ4v) is 3.87. The molecule has 0 saturated carbocycles. The molecule has 1 aromatic carbocycles. The third-order valence-corrected chi connectivity index (χ3v) is 4.92. The third-order valence-electron chi connectivity index (χ3n) is 3.61. The molecule has 2 heteroatoms. The molecular formula is C17H16OS. The van der Waals surface area contributed by atoms with Crippen LogP contribution in [-0.4, -0.2) is 0 Å². The first-order valence-electron chi connectivity index (χ1n) is 6.72. The number of hydrogen-bond acceptors (Lipinski definition) is 2. The monoisotopic (exact) mass is 268 g/mol. The lowest BCUT2D eigenvalue weighted by atomic mass is 9.96. The number of aryl methyl sites for hydroxylation is 2. The van der Waals surface area contributed by atoms with Crippen LogP contribution in [0.15, 0.2) is 41.2 Å². The van der Waals surface area contributed by atoms with Crippen LogP contribution in [0.4, 0.5) is 0 Å². The number of benzene rings is 2. The molecule has 1 heterocycles. The van der Waals surface area contributed by atoms with Gasteiger partial charge < -0.3 is 0 Å². The van der Waals surface area contributed by atoms with E-state index in [1.807, 2.05) is 17.4 Å². The van der Waals surface area contributed by atoms with Crippen molar-refractivity contribution in [3.63, 3.8) is 0 Å². The first-order valence-corrected chi connectivity index (χ1v) is 7.53. The van der Waals surface area contributed by atoms with Crippen LogP contribution < -0.4 is 5.43 Å². The molecular weight excluding hydrogens is 252 g/mol. The van der Waals surface area contributed by atoms with Crippen molar-refractivity contribution in [2.24, 2.45) is 0 Å². The van der Waals surface area contributed by atoms with E-state index in [1.54, 1.807) is 12.1 Å². The lowest BCUT2D eigenvalue weighted by Gasteiger charge is -2.15. The molecule has 0 fully saturated rings. The van der Waals surface area contributed by atoms with Crippen LogP contribution in [0.5, 0.6) is 0 Å². The van der Waals surface area contributed by atoms with E-state index in [1.165, 1.54) is 26.1 Å². The van der Waals surface area contributed by atoms with E-state index in [0.717, 1.165) is 18.4 Å². The fourth-order valence-electron chi connectivity index (χ4n) is 2.69. The summed E-state index contributed by atoms with van der Waals surface area (Å²) in [5.41, 5.74) is 3.78. The Morgan fingerprint density at radius 1 is 1.00 bits per heavy atom. The predicted octanol–water partition coefficient (Wildman–Crippen LogP) is 4.49. The molecule has 2 aliphatic rings. The second-order valence-electron chi connectivity index (χ2n) is 4.73. The smallest absolute Gasteiger partial charge is 0.179 e. The molecule has 0 N–H and O–H groups in total. The maximum Gasteiger partial charge on any atom is 0.179 e. The van der Waals surface area contributed by atoms with Crippen LogP contribution in [0.25, 0.3) is 21.2 Å². The van der Waals surface area contributed by atoms with Gasteiger partial charge in [0, 0.05) is 15.0 Å². The van der Waals surface area contributed by atoms with Crippen molar-refractivity contribution in [2.45, 2.75) is 26.7 Å². The Hall–Kier alpha value is -1.67. The molecule has 0 atom stereocenters. The number of rotatable bonds is 2. The zero-order valence-corrected chi connectivity index (χ0v) is 12.0. The van der Waals surface area contributed by atoms with Gasteiger partial charge in [-0.05, 0) is 53.8 Å². The average molecular weight is 268 g/mol. The van der Waals surface area contributed by atoms with Crippen LogP contribution in [-0.2, 0) is 12.8 Å². The number of hydrogen-bond donors (Lipinski definition) is 0. The molecule has 0 bridgehead atoms. The summed E-state index contributed by atoms with van der Waals surface area (Å²) in [6.07, 6.45) is 2.00. The first-order chi connectivity index (χ1) is 9.24. The molecule has 1 nitrogen and oxygen atoms in total. The number of fused-ring (bicyclic) bond motifs is 3. The van der Waals surface area contributed by atoms with Gasteiger partial charge >= 0.3 is 0 Å². The van der Waals surface area contributed by atoms with Gasteiger partial charge in [-0.25, -0.2) is 0 Å². The van der Waals surface area contributed by atoms with E-state index in [9.17, 15) is 4.79 Å². The summed E-state index contributed by atoms with van der Waals surface area (Å²) in [5.74, 6) is 0. The molecule has 0 aromatic heterocycles. The summed E-state index contributed by atoms with van der Waals surface area (Å²) < 4.78 is 1.29. The van der Waals surface area contributed by atoms with Crippen molar-refractivity contribution in [1.82, 2.24) is 0 Å². The van der Waals surface area contributed by atoms with Crippen molar-refractivity contribution in [2.75, 3.05) is 0 Å². The highest BCUT2D eigenvalue weighted by Gasteiger charge is 2.14. The van der Waals surface area contributed by atoms with Crippen molar-refractivity contribution in [3.05, 3.63) is 57.1 Å². The lowest BCUT2D eigenvalue weighted by Crippen LogP contribution is -2.01. The van der Waals surface area contributed by atoms with Crippen LogP contribution in [0.1, 0.15) is 24.3 Å². The van der Waals surface area contributed by atoms with Crippen molar-refractivity contribution in [1.29, 1.82) is 0 Å². The lowest BCUT2D eigenvalue weighted by molar-refractivity contribution is 1.16. The molecule has 0 spiro atoms. The maximum atomic E-state index is 11.7. The Kier molecular flexibility index (Phi) is 3.11. The second-order valence-corrected chi connectivity index (χ2v) is 5.87. The summed E-state index contributed by atoms with van der Waals surface area (Å²) >= 11 is 1.85. The molecule has 19 heavy (non-hydrogen) atoms. The fraction of sp³-hybridized carbons (Fsp3) is 0.235. The molecule has 96 valence electrons. The van der Waals surface area contributed by atoms with E-state index in [0.29, 0.717) is 0 Å². The Morgan fingerprint density at radius 2 is 1.84 bits per heavy atom. The van der Waals surface area contributed by atoms with Crippen molar-refractivity contribution >= 4 is 21.4 Å². The zero-order valence-electron chi connectivity index (χ0n) is 11.2. The van der Waals surface area contributed by atoms with Gasteiger partial charge in [-0.1, -0.05) is 26.0 Å². The minimum absolute atomic E-state index is 0.0953. The molecule has 0 unspecified atom stereocenters. The summed E-state index contributed by atoms with van der Waals surface area (Å²) in [7, 11) is 0. The van der Waals surface area contributed by atoms with Gasteiger partial charge in [-0.3, -0.25) is 4.79 Å². The normalized spacial score (nSPS) is 11.3. The average Bonchev–Trinajstić information content (AvgIpc) is 2.45. The first kappa shape index (κ1) is 12.4. The highest BCUT2D eigenvalue weighted by molar-refractivity contribution is 7.19. The van der Waals surface area contributed by atoms with Crippen LogP contribution in [0.3, 0.4) is 0 Å². The molecule has 0 radical (unpaired) electrons. The highest BCUT2D eigenvalue weighted by atomic mass is 32.1. The molecule has 1 aromatic rings. The van der Waals surface area contributed by atoms with Crippen molar-refractivity contribution in [3.8, 4) is 11.1 Å². The molecule has 0 saturated heterocycles.